The van der Waals surface area contributed by atoms with Gasteiger partial charge in [0.05, 0.1) is 12.2 Å². The maximum atomic E-state index is 13.2. The Labute approximate surface area is 164 Å². The van der Waals surface area contributed by atoms with E-state index < -0.39 is 0 Å². The number of nitrogens with zero attached hydrogens (tertiary/aromatic N) is 2. The van der Waals surface area contributed by atoms with Gasteiger partial charge in [-0.3, -0.25) is 9.69 Å². The lowest BCUT2D eigenvalue weighted by atomic mass is 10.1. The van der Waals surface area contributed by atoms with Crippen LogP contribution in [0.15, 0.2) is 96.7 Å². The van der Waals surface area contributed by atoms with Crippen LogP contribution in [-0.4, -0.2) is 15.9 Å². The fourth-order valence-corrected chi connectivity index (χ4v) is 3.46. The third kappa shape index (κ3) is 3.52. The van der Waals surface area contributed by atoms with E-state index in [1.165, 1.54) is 0 Å². The normalized spacial score (nSPS) is 15.6. The molecule has 27 heavy (non-hydrogen) atoms. The highest BCUT2D eigenvalue weighted by atomic mass is 32.1. The summed E-state index contributed by atoms with van der Waals surface area (Å²) >= 11 is 5.70. The van der Waals surface area contributed by atoms with Gasteiger partial charge >= 0.3 is 0 Å². The highest BCUT2D eigenvalue weighted by Crippen LogP contribution is 2.30. The molecule has 4 heteroatoms. The van der Waals surface area contributed by atoms with Gasteiger partial charge < -0.3 is 4.90 Å². The van der Waals surface area contributed by atoms with Gasteiger partial charge in [-0.05, 0) is 41.6 Å². The first-order valence-electron chi connectivity index (χ1n) is 8.76. The fraction of sp³-hybridized carbons (Fsp3) is 0.0435. The third-order valence-corrected chi connectivity index (χ3v) is 4.84. The Bertz CT molecular complexity index is 985. The molecule has 0 aromatic heterocycles. The Morgan fingerprint density at radius 3 is 1.96 bits per heavy atom. The van der Waals surface area contributed by atoms with Crippen molar-refractivity contribution in [3.8, 4) is 0 Å². The number of hydrogen-bond acceptors (Lipinski definition) is 2. The van der Waals surface area contributed by atoms with Crippen LogP contribution in [0.25, 0.3) is 6.08 Å². The van der Waals surface area contributed by atoms with E-state index in [9.17, 15) is 4.79 Å². The molecule has 0 aliphatic carbocycles. The lowest BCUT2D eigenvalue weighted by Gasteiger charge is -2.20. The van der Waals surface area contributed by atoms with Crippen molar-refractivity contribution in [3.05, 3.63) is 108 Å². The summed E-state index contributed by atoms with van der Waals surface area (Å²) in [6, 6.07) is 29.4. The van der Waals surface area contributed by atoms with Crippen LogP contribution >= 0.6 is 12.2 Å². The smallest absolute Gasteiger partial charge is 0.281 e. The summed E-state index contributed by atoms with van der Waals surface area (Å²) in [5, 5.41) is 0.497. The predicted octanol–water partition coefficient (Wildman–Crippen LogP) is 4.86. The monoisotopic (exact) mass is 370 g/mol. The van der Waals surface area contributed by atoms with Gasteiger partial charge in [0, 0.05) is 0 Å². The average Bonchev–Trinajstić information content (AvgIpc) is 2.94. The van der Waals surface area contributed by atoms with E-state index in [0.717, 1.165) is 16.8 Å². The molecule has 0 N–H and O–H groups in total. The van der Waals surface area contributed by atoms with Gasteiger partial charge in [0.15, 0.2) is 5.11 Å². The number of hydrogen-bond donors (Lipinski definition) is 0. The quantitative estimate of drug-likeness (QED) is 0.484. The largest absolute Gasteiger partial charge is 0.309 e. The number of thiocarbonyl (C=S) groups is 1. The van der Waals surface area contributed by atoms with Gasteiger partial charge in [-0.25, -0.2) is 0 Å². The van der Waals surface area contributed by atoms with Crippen LogP contribution in [0.5, 0.6) is 0 Å². The van der Waals surface area contributed by atoms with Crippen molar-refractivity contribution in [2.45, 2.75) is 6.54 Å². The molecule has 4 rings (SSSR count). The van der Waals surface area contributed by atoms with Crippen molar-refractivity contribution >= 4 is 35.0 Å². The first kappa shape index (κ1) is 17.2. The lowest BCUT2D eigenvalue weighted by Crippen LogP contribution is -2.32. The zero-order valence-corrected chi connectivity index (χ0v) is 15.5. The highest BCUT2D eigenvalue weighted by Gasteiger charge is 2.38. The molecule has 0 unspecified atom stereocenters. The summed E-state index contributed by atoms with van der Waals surface area (Å²) < 4.78 is 0. The zero-order chi connectivity index (χ0) is 18.6. The van der Waals surface area contributed by atoms with Crippen molar-refractivity contribution in [1.82, 2.24) is 4.90 Å². The summed E-state index contributed by atoms with van der Waals surface area (Å²) in [6.45, 7) is 0.549. The van der Waals surface area contributed by atoms with E-state index >= 15 is 0 Å². The minimum atomic E-state index is -0.106. The van der Waals surface area contributed by atoms with Crippen LogP contribution in [0.3, 0.4) is 0 Å². The van der Waals surface area contributed by atoms with E-state index in [4.69, 9.17) is 12.2 Å². The van der Waals surface area contributed by atoms with Crippen LogP contribution in [0.1, 0.15) is 11.1 Å². The zero-order valence-electron chi connectivity index (χ0n) is 14.7. The first-order valence-corrected chi connectivity index (χ1v) is 9.16. The maximum absolute atomic E-state index is 13.2. The lowest BCUT2D eigenvalue weighted by molar-refractivity contribution is -0.114. The molecule has 1 aliphatic rings. The molecule has 1 saturated heterocycles. The van der Waals surface area contributed by atoms with Gasteiger partial charge in [-0.2, -0.15) is 0 Å². The third-order valence-electron chi connectivity index (χ3n) is 4.44. The summed E-state index contributed by atoms with van der Waals surface area (Å²) in [6.07, 6.45) is 1.90. The van der Waals surface area contributed by atoms with Crippen molar-refractivity contribution in [3.63, 3.8) is 0 Å². The molecule has 3 aromatic rings. The second-order valence-corrected chi connectivity index (χ2v) is 6.64. The molecule has 1 fully saturated rings. The number of carbonyl (C=O) groups excluding carboxylic acids is 1. The van der Waals surface area contributed by atoms with Crippen molar-refractivity contribution in [1.29, 1.82) is 0 Å². The van der Waals surface area contributed by atoms with Gasteiger partial charge in [-0.1, -0.05) is 78.9 Å². The van der Waals surface area contributed by atoms with Crippen LogP contribution < -0.4 is 4.90 Å². The molecule has 0 radical (unpaired) electrons. The maximum Gasteiger partial charge on any atom is 0.281 e. The number of para-hydroxylation sites is 1. The Kier molecular flexibility index (Phi) is 4.81. The van der Waals surface area contributed by atoms with Gasteiger partial charge in [0.2, 0.25) is 0 Å². The van der Waals surface area contributed by atoms with Gasteiger partial charge in [0.1, 0.15) is 5.70 Å². The van der Waals surface area contributed by atoms with Crippen molar-refractivity contribution < 1.29 is 4.79 Å². The van der Waals surface area contributed by atoms with Crippen LogP contribution in [-0.2, 0) is 11.3 Å². The van der Waals surface area contributed by atoms with E-state index in [2.05, 4.69) is 0 Å². The van der Waals surface area contributed by atoms with Gasteiger partial charge in [-0.15, -0.1) is 0 Å². The molecular formula is C23H18N2OS. The average molecular weight is 370 g/mol. The molecular weight excluding hydrogens is 352 g/mol. The number of anilines is 1. The molecule has 0 atom stereocenters. The second-order valence-electron chi connectivity index (χ2n) is 6.27. The van der Waals surface area contributed by atoms with Crippen LogP contribution in [0.4, 0.5) is 5.69 Å². The number of benzene rings is 3. The molecule has 3 aromatic carbocycles. The molecule has 0 saturated carbocycles. The Morgan fingerprint density at radius 2 is 1.33 bits per heavy atom. The van der Waals surface area contributed by atoms with E-state index in [1.54, 1.807) is 4.90 Å². The Hall–Kier alpha value is -3.24. The minimum absolute atomic E-state index is 0.106. The number of rotatable bonds is 4. The predicted molar refractivity (Wildman–Crippen MR) is 113 cm³/mol. The van der Waals surface area contributed by atoms with Gasteiger partial charge in [0.25, 0.3) is 5.91 Å². The van der Waals surface area contributed by atoms with Crippen molar-refractivity contribution in [2.75, 3.05) is 4.90 Å². The summed E-state index contributed by atoms with van der Waals surface area (Å²) in [5.41, 5.74) is 3.43. The summed E-state index contributed by atoms with van der Waals surface area (Å²) in [5.74, 6) is -0.106. The molecule has 132 valence electrons. The fourth-order valence-electron chi connectivity index (χ4n) is 3.11. The second kappa shape index (κ2) is 7.56. The van der Waals surface area contributed by atoms with E-state index in [1.807, 2.05) is 102 Å². The molecule has 1 amide bonds. The summed E-state index contributed by atoms with van der Waals surface area (Å²) in [4.78, 5) is 16.8. The van der Waals surface area contributed by atoms with Crippen LogP contribution in [0.2, 0.25) is 0 Å². The Morgan fingerprint density at radius 1 is 0.778 bits per heavy atom. The number of carbonyl (C=O) groups is 1. The standard InChI is InChI=1S/C23H18N2OS/c26-22-21(16-18-10-4-1-5-11-18)24(17-19-12-6-2-7-13-19)23(27)25(22)20-14-8-3-9-15-20/h1-16H,17H2/b21-16+. The molecule has 3 nitrogen and oxygen atoms in total. The van der Waals surface area contributed by atoms with Crippen molar-refractivity contribution in [2.24, 2.45) is 0 Å². The molecule has 1 heterocycles. The van der Waals surface area contributed by atoms with E-state index in [0.29, 0.717) is 17.4 Å². The summed E-state index contributed by atoms with van der Waals surface area (Å²) in [7, 11) is 0. The molecule has 0 bridgehead atoms. The van der Waals surface area contributed by atoms with E-state index in [-0.39, 0.29) is 5.91 Å². The Balaban J connectivity index is 1.76. The molecule has 0 spiro atoms. The first-order chi connectivity index (χ1) is 13.2. The topological polar surface area (TPSA) is 23.6 Å². The SMILES string of the molecule is O=C1/C(=C\c2ccccc2)N(Cc2ccccc2)C(=S)N1c1ccccc1. The highest BCUT2D eigenvalue weighted by molar-refractivity contribution is 7.80. The number of amides is 1. The minimum Gasteiger partial charge on any atom is -0.309 e. The molecule has 1 aliphatic heterocycles. The van der Waals surface area contributed by atoms with Crippen LogP contribution in [0, 0.1) is 0 Å².